The van der Waals surface area contributed by atoms with Gasteiger partial charge in [-0.2, -0.15) is 0 Å². The number of phenols is 1. The lowest BCUT2D eigenvalue weighted by Gasteiger charge is -2.34. The summed E-state index contributed by atoms with van der Waals surface area (Å²) in [6.07, 6.45) is 6.67. The number of hydrogen-bond donors (Lipinski definition) is 1. The molecule has 32 heavy (non-hydrogen) atoms. The minimum absolute atomic E-state index is 0.0396. The third-order valence-electron chi connectivity index (χ3n) is 6.00. The first kappa shape index (κ1) is 26.6. The highest BCUT2D eigenvalue weighted by Crippen LogP contribution is 2.50. The van der Waals surface area contributed by atoms with Gasteiger partial charge in [0.2, 0.25) is 0 Å². The predicted molar refractivity (Wildman–Crippen MR) is 145 cm³/mol. The van der Waals surface area contributed by atoms with Gasteiger partial charge in [0.1, 0.15) is 5.75 Å². The predicted octanol–water partition coefficient (Wildman–Crippen LogP) is 8.02. The zero-order valence-corrected chi connectivity index (χ0v) is 22.8. The number of unbranched alkanes of at least 4 members (excludes halogenated alkanes) is 2. The van der Waals surface area contributed by atoms with Crippen molar-refractivity contribution in [2.75, 3.05) is 0 Å². The number of rotatable bonds is 8. The van der Waals surface area contributed by atoms with Crippen LogP contribution in [0.15, 0.2) is 41.4 Å². The van der Waals surface area contributed by atoms with E-state index < -0.39 is 0 Å². The molecule has 0 heterocycles. The molecule has 0 amide bonds. The topological polar surface area (TPSA) is 32.6 Å². The maximum atomic E-state index is 11.2. The fourth-order valence-corrected chi connectivity index (χ4v) is 5.60. The molecular formula is C29H44NOP. The molecule has 0 aliphatic heterocycles. The van der Waals surface area contributed by atoms with Gasteiger partial charge < -0.3 is 5.11 Å². The number of aliphatic imine (C=N–C) groups is 1. The monoisotopic (exact) mass is 453 g/mol. The molecule has 0 saturated carbocycles. The van der Waals surface area contributed by atoms with Crippen molar-refractivity contribution in [2.24, 2.45) is 4.99 Å². The van der Waals surface area contributed by atoms with Crippen molar-refractivity contribution in [1.29, 1.82) is 0 Å². The summed E-state index contributed by atoms with van der Waals surface area (Å²) in [4.78, 5) is 4.77. The second kappa shape index (κ2) is 10.5. The average Bonchev–Trinajstić information content (AvgIpc) is 2.68. The summed E-state index contributed by atoms with van der Waals surface area (Å²) in [5, 5.41) is 12.4. The fraction of sp³-hybridized carbons (Fsp3) is 0.552. The summed E-state index contributed by atoms with van der Waals surface area (Å²) in [6.45, 7) is 19.8. The van der Waals surface area contributed by atoms with Gasteiger partial charge in [-0.25, -0.2) is 0 Å². The molecule has 0 fully saturated rings. The number of aryl methyl sites for hydroxylation is 1. The van der Waals surface area contributed by atoms with Crippen LogP contribution in [-0.4, -0.2) is 16.9 Å². The number of phenolic OH excluding ortho intramolecular Hbond substituents is 1. The Bertz CT molecular complexity index is 933. The Labute approximate surface area is 198 Å². The number of hydrogen-bond acceptors (Lipinski definition) is 2. The first-order valence-electron chi connectivity index (χ1n) is 12.0. The highest BCUT2D eigenvalue weighted by Gasteiger charge is 2.32. The normalized spacial score (nSPS) is 15.0. The van der Waals surface area contributed by atoms with Crippen molar-refractivity contribution in [3.05, 3.63) is 58.7 Å². The van der Waals surface area contributed by atoms with Crippen molar-refractivity contribution in [1.82, 2.24) is 0 Å². The van der Waals surface area contributed by atoms with E-state index in [-0.39, 0.29) is 16.1 Å². The van der Waals surface area contributed by atoms with Crippen LogP contribution in [-0.2, 0) is 10.6 Å². The van der Waals surface area contributed by atoms with E-state index in [1.165, 1.54) is 29.3 Å². The lowest BCUT2D eigenvalue weighted by Crippen LogP contribution is -2.23. The summed E-state index contributed by atoms with van der Waals surface area (Å²) in [5.74, 6) is 0.463. The molecule has 0 saturated heterocycles. The minimum Gasteiger partial charge on any atom is -0.507 e. The van der Waals surface area contributed by atoms with Crippen LogP contribution in [0, 0.1) is 6.92 Å². The van der Waals surface area contributed by atoms with Gasteiger partial charge in [-0.3, -0.25) is 4.99 Å². The van der Waals surface area contributed by atoms with Gasteiger partial charge in [0, 0.05) is 16.9 Å². The highest BCUT2D eigenvalue weighted by molar-refractivity contribution is 7.48. The molecule has 0 aliphatic carbocycles. The molecule has 0 spiro atoms. The molecule has 0 aromatic heterocycles. The molecule has 2 aromatic rings. The molecular weight excluding hydrogens is 409 g/mol. The molecule has 1 N–H and O–H groups in total. The van der Waals surface area contributed by atoms with Gasteiger partial charge in [-0.15, -0.1) is 0 Å². The molecule has 2 rings (SSSR count). The molecule has 3 heteroatoms. The number of aromatic hydroxyl groups is 1. The molecule has 0 bridgehead atoms. The average molecular weight is 454 g/mol. The van der Waals surface area contributed by atoms with Crippen molar-refractivity contribution < 1.29 is 5.11 Å². The van der Waals surface area contributed by atoms with Gasteiger partial charge in [-0.05, 0) is 61.5 Å². The quantitative estimate of drug-likeness (QED) is 0.245. The highest BCUT2D eigenvalue weighted by atomic mass is 31.1. The zero-order chi connectivity index (χ0) is 24.2. The summed E-state index contributed by atoms with van der Waals surface area (Å²) in [7, 11) is 0.551. The van der Waals surface area contributed by atoms with Crippen molar-refractivity contribution >= 4 is 20.1 Å². The van der Waals surface area contributed by atoms with Crippen molar-refractivity contribution in [3.63, 3.8) is 0 Å². The van der Waals surface area contributed by atoms with E-state index in [1.54, 1.807) is 0 Å². The van der Waals surface area contributed by atoms with Gasteiger partial charge in [0.05, 0.1) is 5.54 Å². The Morgan fingerprint density at radius 3 is 2.22 bits per heavy atom. The van der Waals surface area contributed by atoms with Crippen LogP contribution >= 0.6 is 8.58 Å². The van der Waals surface area contributed by atoms with Crippen LogP contribution in [0.2, 0.25) is 0 Å². The molecule has 176 valence electrons. The first-order chi connectivity index (χ1) is 14.8. The van der Waals surface area contributed by atoms with Gasteiger partial charge >= 0.3 is 0 Å². The van der Waals surface area contributed by atoms with Gasteiger partial charge in [-0.1, -0.05) is 98.9 Å². The van der Waals surface area contributed by atoms with Crippen LogP contribution in [0.5, 0.6) is 5.75 Å². The van der Waals surface area contributed by atoms with Crippen LogP contribution in [0.25, 0.3) is 0 Å². The van der Waals surface area contributed by atoms with Crippen LogP contribution in [0.3, 0.4) is 0 Å². The molecule has 2 nitrogen and oxygen atoms in total. The van der Waals surface area contributed by atoms with E-state index in [4.69, 9.17) is 4.99 Å². The maximum absolute atomic E-state index is 11.2. The van der Waals surface area contributed by atoms with E-state index in [1.807, 2.05) is 13.1 Å². The Morgan fingerprint density at radius 2 is 1.62 bits per heavy atom. The summed E-state index contributed by atoms with van der Waals surface area (Å²) >= 11 is 0. The summed E-state index contributed by atoms with van der Waals surface area (Å²) in [5.41, 5.74) is 4.48. The molecule has 2 aromatic carbocycles. The van der Waals surface area contributed by atoms with E-state index in [0.29, 0.717) is 14.3 Å². The number of nitrogens with zero attached hydrogens (tertiary/aromatic N) is 1. The van der Waals surface area contributed by atoms with Crippen LogP contribution < -0.4 is 5.30 Å². The third kappa shape index (κ3) is 7.17. The second-order valence-corrected chi connectivity index (χ2v) is 13.3. The summed E-state index contributed by atoms with van der Waals surface area (Å²) < 4.78 is 0. The van der Waals surface area contributed by atoms with E-state index in [9.17, 15) is 5.11 Å². The number of benzene rings is 2. The van der Waals surface area contributed by atoms with Crippen LogP contribution in [0.4, 0.5) is 0 Å². The Balaban J connectivity index is 2.59. The third-order valence-corrected chi connectivity index (χ3v) is 7.80. The van der Waals surface area contributed by atoms with Gasteiger partial charge in [0.15, 0.2) is 0 Å². The Kier molecular flexibility index (Phi) is 8.74. The lowest BCUT2D eigenvalue weighted by molar-refractivity contribution is 0.444. The Morgan fingerprint density at radius 1 is 0.969 bits per heavy atom. The van der Waals surface area contributed by atoms with Crippen molar-refractivity contribution in [2.45, 2.75) is 104 Å². The maximum Gasteiger partial charge on any atom is 0.122 e. The van der Waals surface area contributed by atoms with E-state index in [0.717, 1.165) is 24.0 Å². The first-order valence-corrected chi connectivity index (χ1v) is 13.0. The van der Waals surface area contributed by atoms with E-state index in [2.05, 4.69) is 91.8 Å². The molecule has 2 atom stereocenters. The lowest BCUT2D eigenvalue weighted by atomic mass is 9.82. The largest absolute Gasteiger partial charge is 0.507 e. The zero-order valence-electron chi connectivity index (χ0n) is 21.8. The van der Waals surface area contributed by atoms with Crippen LogP contribution in [0.1, 0.15) is 103 Å². The Hall–Kier alpha value is -1.66. The fourth-order valence-electron chi connectivity index (χ4n) is 3.91. The summed E-state index contributed by atoms with van der Waals surface area (Å²) in [6, 6.07) is 13.0. The minimum atomic E-state index is -0.128. The standard InChI is InChI=1S/C29H44NOP/c1-10-11-14-17-29(9,24-19-23(27(3,4)5)18-21(2)26(24)31)32-25-16-13-12-15-22(25)20-30-28(6,7)8/h12-13,15-16,18-20,31-32H,10-11,14,17H2,1-9H3/b30-20+. The second-order valence-electron chi connectivity index (χ2n) is 11.4. The van der Waals surface area contributed by atoms with E-state index >= 15 is 0 Å². The smallest absolute Gasteiger partial charge is 0.122 e. The SMILES string of the molecule is CCCCCC(C)(Pc1ccccc1/C=N/C(C)(C)C)c1cc(C(C)(C)C)cc(C)c1O. The molecule has 0 radical (unpaired) electrons. The van der Waals surface area contributed by atoms with Gasteiger partial charge in [0.25, 0.3) is 0 Å². The molecule has 0 aliphatic rings. The molecule has 2 unspecified atom stereocenters. The van der Waals surface area contributed by atoms with Crippen molar-refractivity contribution in [3.8, 4) is 5.75 Å².